The zero-order valence-electron chi connectivity index (χ0n) is 11.0. The molecule has 1 aliphatic carbocycles. The second-order valence-electron chi connectivity index (χ2n) is 5.12. The molecule has 0 aromatic heterocycles. The van der Waals surface area contributed by atoms with Gasteiger partial charge in [-0.1, -0.05) is 6.42 Å². The highest BCUT2D eigenvalue weighted by Gasteiger charge is 2.18. The first-order valence-corrected chi connectivity index (χ1v) is 6.59. The van der Waals surface area contributed by atoms with E-state index < -0.39 is 5.97 Å². The van der Waals surface area contributed by atoms with Crippen LogP contribution in [0.15, 0.2) is 12.1 Å². The number of aryl methyl sites for hydroxylation is 2. The van der Waals surface area contributed by atoms with Crippen LogP contribution in [0.4, 0.5) is 0 Å². The van der Waals surface area contributed by atoms with Crippen LogP contribution in [0.25, 0.3) is 0 Å². The Morgan fingerprint density at radius 2 is 1.72 bits per heavy atom. The summed E-state index contributed by atoms with van der Waals surface area (Å²) in [6.07, 6.45) is 6.28. The maximum atomic E-state index is 11.0. The molecule has 0 amide bonds. The summed E-state index contributed by atoms with van der Waals surface area (Å²) in [5, 5.41) is 9.01. The minimum atomic E-state index is -0.884. The van der Waals surface area contributed by atoms with Crippen molar-refractivity contribution >= 4 is 5.97 Å². The van der Waals surface area contributed by atoms with Gasteiger partial charge in [0, 0.05) is 0 Å². The normalized spacial score (nSPS) is 16.6. The Morgan fingerprint density at radius 1 is 1.17 bits per heavy atom. The van der Waals surface area contributed by atoms with E-state index in [4.69, 9.17) is 9.84 Å². The van der Waals surface area contributed by atoms with Gasteiger partial charge in [0.2, 0.25) is 0 Å². The highest BCUT2D eigenvalue weighted by Crippen LogP contribution is 2.29. The number of rotatable bonds is 3. The Kier molecular flexibility index (Phi) is 3.90. The molecule has 1 aliphatic rings. The maximum Gasteiger partial charge on any atom is 0.335 e. The van der Waals surface area contributed by atoms with Gasteiger partial charge < -0.3 is 9.84 Å². The van der Waals surface area contributed by atoms with Crippen molar-refractivity contribution in [3.63, 3.8) is 0 Å². The summed E-state index contributed by atoms with van der Waals surface area (Å²) in [5.41, 5.74) is 2.16. The van der Waals surface area contributed by atoms with Crippen molar-refractivity contribution in [3.05, 3.63) is 28.8 Å². The monoisotopic (exact) mass is 248 g/mol. The van der Waals surface area contributed by atoms with Gasteiger partial charge in [-0.05, 0) is 62.8 Å². The Labute approximate surface area is 108 Å². The zero-order valence-corrected chi connectivity index (χ0v) is 11.0. The van der Waals surface area contributed by atoms with Crippen LogP contribution in [0.3, 0.4) is 0 Å². The van der Waals surface area contributed by atoms with Gasteiger partial charge in [0.05, 0.1) is 11.7 Å². The predicted molar refractivity (Wildman–Crippen MR) is 70.4 cm³/mol. The largest absolute Gasteiger partial charge is 0.490 e. The number of ether oxygens (including phenoxy) is 1. The van der Waals surface area contributed by atoms with E-state index in [2.05, 4.69) is 0 Å². The first-order valence-electron chi connectivity index (χ1n) is 6.59. The van der Waals surface area contributed by atoms with Gasteiger partial charge in [0.25, 0.3) is 0 Å². The van der Waals surface area contributed by atoms with Crippen molar-refractivity contribution in [2.24, 2.45) is 0 Å². The van der Waals surface area contributed by atoms with Crippen LogP contribution in [-0.2, 0) is 0 Å². The highest BCUT2D eigenvalue weighted by atomic mass is 16.5. The van der Waals surface area contributed by atoms with Gasteiger partial charge in [-0.2, -0.15) is 0 Å². The summed E-state index contributed by atoms with van der Waals surface area (Å²) in [6.45, 7) is 3.83. The average molecular weight is 248 g/mol. The van der Waals surface area contributed by atoms with E-state index in [1.807, 2.05) is 13.8 Å². The quantitative estimate of drug-likeness (QED) is 0.886. The molecular weight excluding hydrogens is 228 g/mol. The van der Waals surface area contributed by atoms with E-state index >= 15 is 0 Å². The Balaban J connectivity index is 2.19. The summed E-state index contributed by atoms with van der Waals surface area (Å²) >= 11 is 0. The van der Waals surface area contributed by atoms with Crippen LogP contribution >= 0.6 is 0 Å². The molecule has 1 aromatic carbocycles. The lowest BCUT2D eigenvalue weighted by molar-refractivity contribution is 0.0696. The van der Waals surface area contributed by atoms with Gasteiger partial charge in [-0.25, -0.2) is 4.79 Å². The minimum absolute atomic E-state index is 0.298. The molecule has 1 N–H and O–H groups in total. The molecule has 98 valence electrons. The fourth-order valence-electron chi connectivity index (χ4n) is 2.61. The van der Waals surface area contributed by atoms with Gasteiger partial charge in [0.15, 0.2) is 0 Å². The molecule has 1 saturated carbocycles. The first-order chi connectivity index (χ1) is 8.58. The minimum Gasteiger partial charge on any atom is -0.490 e. The summed E-state index contributed by atoms with van der Waals surface area (Å²) < 4.78 is 6.06. The van der Waals surface area contributed by atoms with Crippen LogP contribution in [0, 0.1) is 13.8 Å². The fourth-order valence-corrected chi connectivity index (χ4v) is 2.61. The number of aromatic carboxylic acids is 1. The Hall–Kier alpha value is -1.51. The maximum absolute atomic E-state index is 11.0. The molecule has 0 heterocycles. The molecule has 1 aromatic rings. The Morgan fingerprint density at radius 3 is 2.22 bits per heavy atom. The van der Waals surface area contributed by atoms with Crippen LogP contribution in [0.5, 0.6) is 5.75 Å². The molecule has 3 nitrogen and oxygen atoms in total. The molecule has 2 rings (SSSR count). The second kappa shape index (κ2) is 5.42. The first kappa shape index (κ1) is 12.9. The summed E-state index contributed by atoms with van der Waals surface area (Å²) in [5.74, 6) is -0.0164. The van der Waals surface area contributed by atoms with Crippen molar-refractivity contribution in [3.8, 4) is 5.75 Å². The van der Waals surface area contributed by atoms with Gasteiger partial charge in [-0.3, -0.25) is 0 Å². The van der Waals surface area contributed by atoms with E-state index in [1.54, 1.807) is 12.1 Å². The van der Waals surface area contributed by atoms with Crippen molar-refractivity contribution in [1.29, 1.82) is 0 Å². The molecule has 0 atom stereocenters. The van der Waals surface area contributed by atoms with Crippen molar-refractivity contribution in [2.75, 3.05) is 0 Å². The standard InChI is InChI=1S/C15H20O3/c1-10-8-12(15(16)17)9-11(2)14(10)18-13-6-4-3-5-7-13/h8-9,13H,3-7H2,1-2H3,(H,16,17). The smallest absolute Gasteiger partial charge is 0.335 e. The van der Waals surface area contributed by atoms with Gasteiger partial charge in [-0.15, -0.1) is 0 Å². The van der Waals surface area contributed by atoms with E-state index in [0.717, 1.165) is 29.7 Å². The van der Waals surface area contributed by atoms with E-state index in [0.29, 0.717) is 11.7 Å². The van der Waals surface area contributed by atoms with Crippen molar-refractivity contribution in [2.45, 2.75) is 52.1 Å². The van der Waals surface area contributed by atoms with Crippen molar-refractivity contribution in [1.82, 2.24) is 0 Å². The number of carboxylic acid groups (broad SMARTS) is 1. The predicted octanol–water partition coefficient (Wildman–Crippen LogP) is 3.71. The number of benzene rings is 1. The molecule has 0 aliphatic heterocycles. The number of carboxylic acids is 1. The fraction of sp³-hybridized carbons (Fsp3) is 0.533. The van der Waals surface area contributed by atoms with E-state index in [9.17, 15) is 4.79 Å². The van der Waals surface area contributed by atoms with Gasteiger partial charge >= 0.3 is 5.97 Å². The molecule has 0 unspecified atom stereocenters. The highest BCUT2D eigenvalue weighted by molar-refractivity contribution is 5.88. The molecule has 0 bridgehead atoms. The van der Waals surface area contributed by atoms with Crippen LogP contribution in [-0.4, -0.2) is 17.2 Å². The van der Waals surface area contributed by atoms with Crippen molar-refractivity contribution < 1.29 is 14.6 Å². The van der Waals surface area contributed by atoms with E-state index in [1.165, 1.54) is 19.3 Å². The molecule has 0 spiro atoms. The zero-order chi connectivity index (χ0) is 13.1. The molecule has 0 saturated heterocycles. The summed E-state index contributed by atoms with van der Waals surface area (Å²) in [4.78, 5) is 11.0. The topological polar surface area (TPSA) is 46.5 Å². The lowest BCUT2D eigenvalue weighted by Gasteiger charge is -2.25. The van der Waals surface area contributed by atoms with Crippen LogP contribution in [0.1, 0.15) is 53.6 Å². The summed E-state index contributed by atoms with van der Waals surface area (Å²) in [7, 11) is 0. The lowest BCUT2D eigenvalue weighted by atomic mass is 9.97. The second-order valence-corrected chi connectivity index (χ2v) is 5.12. The number of hydrogen-bond donors (Lipinski definition) is 1. The number of carbonyl (C=O) groups is 1. The molecule has 0 radical (unpaired) electrons. The summed E-state index contributed by atoms with van der Waals surface area (Å²) in [6, 6.07) is 3.38. The average Bonchev–Trinajstić information content (AvgIpc) is 2.34. The molecule has 18 heavy (non-hydrogen) atoms. The van der Waals surface area contributed by atoms with Crippen LogP contribution in [0.2, 0.25) is 0 Å². The molecule has 3 heteroatoms. The van der Waals surface area contributed by atoms with E-state index in [-0.39, 0.29) is 0 Å². The third-order valence-corrected chi connectivity index (χ3v) is 3.54. The SMILES string of the molecule is Cc1cc(C(=O)O)cc(C)c1OC1CCCCC1. The third kappa shape index (κ3) is 2.84. The van der Waals surface area contributed by atoms with Crippen LogP contribution < -0.4 is 4.74 Å². The Bertz CT molecular complexity index is 422. The number of hydrogen-bond acceptors (Lipinski definition) is 2. The lowest BCUT2D eigenvalue weighted by Crippen LogP contribution is -2.20. The van der Waals surface area contributed by atoms with Gasteiger partial charge in [0.1, 0.15) is 5.75 Å². The third-order valence-electron chi connectivity index (χ3n) is 3.54. The molecular formula is C15H20O3. The molecule has 1 fully saturated rings.